The molecule has 1 aromatic carbocycles. The van der Waals surface area contributed by atoms with Gasteiger partial charge in [-0.3, -0.25) is 0 Å². The van der Waals surface area contributed by atoms with Crippen LogP contribution in [0.25, 0.3) is 12.2 Å². The topological polar surface area (TPSA) is 26.3 Å². The third-order valence-corrected chi connectivity index (χ3v) is 3.77. The molecule has 0 radical (unpaired) electrons. The fraction of sp³-hybridized carbons (Fsp3) is 0.292. The number of hydrogen-bond acceptors (Lipinski definition) is 2. The van der Waals surface area contributed by atoms with Gasteiger partial charge in [-0.05, 0) is 57.7 Å². The highest BCUT2D eigenvalue weighted by molar-refractivity contribution is 5.86. The van der Waals surface area contributed by atoms with Gasteiger partial charge in [0.15, 0.2) is 0 Å². The first-order valence-electron chi connectivity index (χ1n) is 8.92. The standard InChI is InChI=1S/C24H30O2/c1-19(2)8-6-9-20(3)10-7-11-21(4)18-23-14-12-22(13-15-23)16-17-24(25)26-5/h7-8,10-18H,6,9H2,1-5H3. The summed E-state index contributed by atoms with van der Waals surface area (Å²) >= 11 is 0. The van der Waals surface area contributed by atoms with E-state index in [9.17, 15) is 4.79 Å². The van der Waals surface area contributed by atoms with Crippen molar-refractivity contribution >= 4 is 18.1 Å². The highest BCUT2D eigenvalue weighted by Gasteiger charge is 1.93. The molecule has 0 heterocycles. The molecule has 0 aliphatic carbocycles. The summed E-state index contributed by atoms with van der Waals surface area (Å²) in [5.74, 6) is -0.348. The zero-order valence-electron chi connectivity index (χ0n) is 16.6. The van der Waals surface area contributed by atoms with Crippen molar-refractivity contribution in [2.24, 2.45) is 0 Å². The van der Waals surface area contributed by atoms with Crippen LogP contribution in [0.1, 0.15) is 51.7 Å². The zero-order valence-corrected chi connectivity index (χ0v) is 16.6. The first-order valence-corrected chi connectivity index (χ1v) is 8.92. The second-order valence-corrected chi connectivity index (χ2v) is 6.60. The van der Waals surface area contributed by atoms with Gasteiger partial charge in [0.25, 0.3) is 0 Å². The number of esters is 1. The van der Waals surface area contributed by atoms with Crippen molar-refractivity contribution < 1.29 is 9.53 Å². The zero-order chi connectivity index (χ0) is 19.4. The second kappa shape index (κ2) is 11.9. The molecule has 0 fully saturated rings. The molecule has 0 bridgehead atoms. The minimum Gasteiger partial charge on any atom is -0.466 e. The van der Waals surface area contributed by atoms with Crippen molar-refractivity contribution in [3.8, 4) is 0 Å². The Labute approximate surface area is 158 Å². The Morgan fingerprint density at radius 2 is 1.65 bits per heavy atom. The van der Waals surface area contributed by atoms with Crippen molar-refractivity contribution in [2.75, 3.05) is 7.11 Å². The van der Waals surface area contributed by atoms with E-state index in [1.807, 2.05) is 24.3 Å². The normalized spacial score (nSPS) is 12.7. The fourth-order valence-corrected chi connectivity index (χ4v) is 2.28. The maximum Gasteiger partial charge on any atom is 0.330 e. The molecule has 26 heavy (non-hydrogen) atoms. The van der Waals surface area contributed by atoms with Gasteiger partial charge >= 0.3 is 5.97 Å². The number of carbonyl (C=O) groups is 1. The van der Waals surface area contributed by atoms with E-state index in [1.54, 1.807) is 6.08 Å². The van der Waals surface area contributed by atoms with Crippen LogP contribution in [-0.4, -0.2) is 13.1 Å². The molecule has 0 N–H and O–H groups in total. The fourth-order valence-electron chi connectivity index (χ4n) is 2.28. The molecule has 0 saturated heterocycles. The number of methoxy groups -OCH3 is 1. The molecule has 0 aliphatic rings. The SMILES string of the molecule is COC(=O)C=Cc1ccc(C=C(C)C=CC=C(C)CCC=C(C)C)cc1. The molecule has 0 spiro atoms. The molecular formula is C24H30O2. The lowest BCUT2D eigenvalue weighted by Crippen LogP contribution is -1.93. The van der Waals surface area contributed by atoms with Crippen molar-refractivity contribution in [3.63, 3.8) is 0 Å². The van der Waals surface area contributed by atoms with E-state index in [2.05, 4.69) is 62.8 Å². The van der Waals surface area contributed by atoms with Gasteiger partial charge in [-0.1, -0.05) is 71.4 Å². The number of carbonyl (C=O) groups excluding carboxylic acids is 1. The Bertz CT molecular complexity index is 722. The van der Waals surface area contributed by atoms with Gasteiger partial charge in [-0.25, -0.2) is 4.79 Å². The molecule has 0 aliphatic heterocycles. The molecule has 1 rings (SSSR count). The summed E-state index contributed by atoms with van der Waals surface area (Å²) < 4.78 is 4.58. The molecule has 138 valence electrons. The maximum absolute atomic E-state index is 11.1. The molecule has 0 unspecified atom stereocenters. The van der Waals surface area contributed by atoms with Crippen LogP contribution in [0.15, 0.2) is 71.4 Å². The van der Waals surface area contributed by atoms with Crippen molar-refractivity contribution in [1.82, 2.24) is 0 Å². The van der Waals surface area contributed by atoms with E-state index in [1.165, 1.54) is 29.9 Å². The largest absolute Gasteiger partial charge is 0.466 e. The average molecular weight is 351 g/mol. The Kier molecular flexibility index (Phi) is 9.78. The Hall–Kier alpha value is -2.61. The monoisotopic (exact) mass is 350 g/mol. The summed E-state index contributed by atoms with van der Waals surface area (Å²) in [6, 6.07) is 8.04. The van der Waals surface area contributed by atoms with Gasteiger partial charge in [0.05, 0.1) is 7.11 Å². The summed E-state index contributed by atoms with van der Waals surface area (Å²) in [5.41, 5.74) is 6.05. The number of allylic oxidation sites excluding steroid dienone is 7. The highest BCUT2D eigenvalue weighted by Crippen LogP contribution is 2.12. The smallest absolute Gasteiger partial charge is 0.330 e. The Morgan fingerprint density at radius 3 is 2.27 bits per heavy atom. The van der Waals surface area contributed by atoms with Crippen molar-refractivity contribution in [3.05, 3.63) is 82.5 Å². The van der Waals surface area contributed by atoms with Gasteiger partial charge in [0, 0.05) is 6.08 Å². The molecule has 0 aromatic heterocycles. The van der Waals surface area contributed by atoms with E-state index in [0.29, 0.717) is 0 Å². The molecule has 2 heteroatoms. The van der Waals surface area contributed by atoms with E-state index >= 15 is 0 Å². The summed E-state index contributed by atoms with van der Waals surface area (Å²) in [5, 5.41) is 0. The third kappa shape index (κ3) is 9.63. The van der Waals surface area contributed by atoms with E-state index in [4.69, 9.17) is 0 Å². The van der Waals surface area contributed by atoms with Crippen LogP contribution in [0.5, 0.6) is 0 Å². The highest BCUT2D eigenvalue weighted by atomic mass is 16.5. The van der Waals surface area contributed by atoms with Gasteiger partial charge in [0.1, 0.15) is 0 Å². The molecule has 1 aromatic rings. The molecule has 2 nitrogen and oxygen atoms in total. The minimum atomic E-state index is -0.348. The average Bonchev–Trinajstić information content (AvgIpc) is 2.60. The molecule has 0 amide bonds. The van der Waals surface area contributed by atoms with Crippen LogP contribution in [0, 0.1) is 0 Å². The number of ether oxygens (including phenoxy) is 1. The number of rotatable bonds is 8. The predicted octanol–water partition coefficient (Wildman–Crippen LogP) is 6.53. The van der Waals surface area contributed by atoms with Crippen LogP contribution in [0.3, 0.4) is 0 Å². The van der Waals surface area contributed by atoms with E-state index < -0.39 is 0 Å². The summed E-state index contributed by atoms with van der Waals surface area (Å²) in [6.45, 7) is 8.53. The second-order valence-electron chi connectivity index (χ2n) is 6.60. The van der Waals surface area contributed by atoms with Gasteiger partial charge < -0.3 is 4.74 Å². The van der Waals surface area contributed by atoms with Gasteiger partial charge in [-0.2, -0.15) is 0 Å². The lowest BCUT2D eigenvalue weighted by Gasteiger charge is -1.98. The van der Waals surface area contributed by atoms with Crippen LogP contribution in [-0.2, 0) is 9.53 Å². The van der Waals surface area contributed by atoms with Crippen molar-refractivity contribution in [2.45, 2.75) is 40.5 Å². The number of hydrogen-bond donors (Lipinski definition) is 0. The van der Waals surface area contributed by atoms with Crippen LogP contribution >= 0.6 is 0 Å². The quantitative estimate of drug-likeness (QED) is 0.231. The van der Waals surface area contributed by atoms with Crippen LogP contribution < -0.4 is 0 Å². The van der Waals surface area contributed by atoms with E-state index in [0.717, 1.165) is 24.0 Å². The molecule has 0 saturated carbocycles. The summed E-state index contributed by atoms with van der Waals surface area (Å²) in [4.78, 5) is 11.1. The lowest BCUT2D eigenvalue weighted by atomic mass is 10.1. The first-order chi connectivity index (χ1) is 12.4. The van der Waals surface area contributed by atoms with E-state index in [-0.39, 0.29) is 5.97 Å². The Morgan fingerprint density at radius 1 is 1.00 bits per heavy atom. The minimum absolute atomic E-state index is 0.348. The maximum atomic E-state index is 11.1. The number of benzene rings is 1. The summed E-state index contributed by atoms with van der Waals surface area (Å²) in [6.07, 6.45) is 16.2. The summed E-state index contributed by atoms with van der Waals surface area (Å²) in [7, 11) is 1.37. The third-order valence-electron chi connectivity index (χ3n) is 3.77. The van der Waals surface area contributed by atoms with Crippen molar-refractivity contribution in [1.29, 1.82) is 0 Å². The van der Waals surface area contributed by atoms with Gasteiger partial charge in [-0.15, -0.1) is 0 Å². The molecule has 0 atom stereocenters. The first kappa shape index (κ1) is 21.4. The van der Waals surface area contributed by atoms with Crippen LogP contribution in [0.2, 0.25) is 0 Å². The molecular weight excluding hydrogens is 320 g/mol. The Balaban J connectivity index is 2.62. The lowest BCUT2D eigenvalue weighted by molar-refractivity contribution is -0.134. The van der Waals surface area contributed by atoms with Gasteiger partial charge in [0.2, 0.25) is 0 Å². The van der Waals surface area contributed by atoms with Crippen LogP contribution in [0.4, 0.5) is 0 Å². The predicted molar refractivity (Wildman–Crippen MR) is 113 cm³/mol.